The van der Waals surface area contributed by atoms with Crippen LogP contribution in [0.4, 0.5) is 0 Å². The van der Waals surface area contributed by atoms with Gasteiger partial charge in [-0.1, -0.05) is 0 Å². The van der Waals surface area contributed by atoms with Gasteiger partial charge in [-0.15, -0.1) is 0 Å². The van der Waals surface area contributed by atoms with Crippen LogP contribution in [0, 0.1) is 0 Å². The Hall–Kier alpha value is -0.610. The fraction of sp³-hybridized carbons (Fsp3) is 0.857. The van der Waals surface area contributed by atoms with Gasteiger partial charge in [0.15, 0.2) is 0 Å². The number of hydrogen-bond donors (Lipinski definition) is 2. The molecule has 0 aromatic carbocycles. The van der Waals surface area contributed by atoms with Crippen LogP contribution in [0.2, 0.25) is 0 Å². The van der Waals surface area contributed by atoms with Crippen LogP contribution >= 0.6 is 0 Å². The molecule has 11 heavy (non-hydrogen) atoms. The molecule has 0 rings (SSSR count). The summed E-state index contributed by atoms with van der Waals surface area (Å²) in [5.41, 5.74) is 4.87. The highest BCUT2D eigenvalue weighted by atomic mass is 16.5. The summed E-state index contributed by atoms with van der Waals surface area (Å²) in [6.45, 7) is 5.60. The summed E-state index contributed by atoms with van der Waals surface area (Å²) in [6, 6.07) is -0.922. The van der Waals surface area contributed by atoms with Crippen molar-refractivity contribution in [3.8, 4) is 0 Å². The molecule has 4 nitrogen and oxygen atoms in total. The first-order valence-electron chi connectivity index (χ1n) is 3.45. The zero-order chi connectivity index (χ0) is 9.07. The minimum atomic E-state index is -1.03. The van der Waals surface area contributed by atoms with Gasteiger partial charge in [-0.05, 0) is 20.8 Å². The van der Waals surface area contributed by atoms with Crippen LogP contribution < -0.4 is 5.73 Å². The summed E-state index contributed by atoms with van der Waals surface area (Å²) in [6.07, 6.45) is 0. The van der Waals surface area contributed by atoms with Crippen molar-refractivity contribution in [2.75, 3.05) is 6.61 Å². The average Bonchev–Trinajstić information content (AvgIpc) is 1.80. The van der Waals surface area contributed by atoms with Crippen molar-refractivity contribution in [3.05, 3.63) is 0 Å². The molecule has 1 unspecified atom stereocenters. The molecule has 0 fully saturated rings. The van der Waals surface area contributed by atoms with Crippen LogP contribution in [-0.2, 0) is 9.53 Å². The van der Waals surface area contributed by atoms with Gasteiger partial charge in [0.25, 0.3) is 0 Å². The van der Waals surface area contributed by atoms with Crippen molar-refractivity contribution < 1.29 is 14.6 Å². The summed E-state index contributed by atoms with van der Waals surface area (Å²) in [5.74, 6) is -1.03. The summed E-state index contributed by atoms with van der Waals surface area (Å²) < 4.78 is 5.15. The van der Waals surface area contributed by atoms with E-state index in [4.69, 9.17) is 15.6 Å². The zero-order valence-electron chi connectivity index (χ0n) is 7.13. The number of rotatable bonds is 3. The van der Waals surface area contributed by atoms with Gasteiger partial charge in [-0.3, -0.25) is 4.79 Å². The van der Waals surface area contributed by atoms with E-state index < -0.39 is 12.0 Å². The van der Waals surface area contributed by atoms with Crippen LogP contribution in [0.3, 0.4) is 0 Å². The third kappa shape index (κ3) is 5.82. The van der Waals surface area contributed by atoms with E-state index in [9.17, 15) is 4.79 Å². The van der Waals surface area contributed by atoms with E-state index in [1.165, 1.54) is 0 Å². The molecule has 0 saturated heterocycles. The number of carbonyl (C=O) groups is 1. The molecular weight excluding hydrogens is 146 g/mol. The fourth-order valence-electron chi connectivity index (χ4n) is 0.411. The van der Waals surface area contributed by atoms with E-state index in [1.807, 2.05) is 20.8 Å². The maximum absolute atomic E-state index is 10.2. The third-order valence-corrected chi connectivity index (χ3v) is 1.01. The summed E-state index contributed by atoms with van der Waals surface area (Å²) in [7, 11) is 0. The average molecular weight is 161 g/mol. The normalized spacial score (nSPS) is 14.5. The molecular formula is C7H15NO3. The molecule has 0 aliphatic rings. The van der Waals surface area contributed by atoms with Gasteiger partial charge >= 0.3 is 5.97 Å². The minimum Gasteiger partial charge on any atom is -0.480 e. The molecule has 0 saturated carbocycles. The maximum atomic E-state index is 10.2. The lowest BCUT2D eigenvalue weighted by Gasteiger charge is -2.20. The van der Waals surface area contributed by atoms with Gasteiger partial charge in [-0.25, -0.2) is 0 Å². The smallest absolute Gasteiger partial charge is 0.322 e. The molecule has 0 aliphatic heterocycles. The predicted molar refractivity (Wildman–Crippen MR) is 41.3 cm³/mol. The van der Waals surface area contributed by atoms with Crippen LogP contribution in [0.15, 0.2) is 0 Å². The quantitative estimate of drug-likeness (QED) is 0.620. The topological polar surface area (TPSA) is 72.5 Å². The Bertz CT molecular complexity index is 139. The van der Waals surface area contributed by atoms with Crippen LogP contribution in [0.5, 0.6) is 0 Å². The second-order valence-corrected chi connectivity index (χ2v) is 3.37. The predicted octanol–water partition coefficient (Wildman–Crippen LogP) is 0.213. The second kappa shape index (κ2) is 3.69. The SMILES string of the molecule is CC(C)(C)OCC(N)C(=O)O. The molecule has 4 heteroatoms. The van der Waals surface area contributed by atoms with Gasteiger partial charge in [0.2, 0.25) is 0 Å². The number of aliphatic carboxylic acids is 1. The standard InChI is InChI=1S/C7H15NO3/c1-7(2,3)11-4-5(8)6(9)10/h5H,4,8H2,1-3H3,(H,9,10). The Balaban J connectivity index is 3.63. The largest absolute Gasteiger partial charge is 0.480 e. The van der Waals surface area contributed by atoms with E-state index in [0.717, 1.165) is 0 Å². The Morgan fingerprint density at radius 3 is 2.36 bits per heavy atom. The first kappa shape index (κ1) is 10.4. The monoisotopic (exact) mass is 161 g/mol. The van der Waals surface area contributed by atoms with Crippen molar-refractivity contribution in [1.29, 1.82) is 0 Å². The molecule has 3 N–H and O–H groups in total. The van der Waals surface area contributed by atoms with Crippen molar-refractivity contribution in [3.63, 3.8) is 0 Å². The molecule has 0 spiro atoms. The first-order valence-corrected chi connectivity index (χ1v) is 3.45. The molecule has 0 aromatic rings. The molecule has 1 atom stereocenters. The van der Waals surface area contributed by atoms with E-state index >= 15 is 0 Å². The Labute approximate surface area is 66.3 Å². The number of hydrogen-bond acceptors (Lipinski definition) is 3. The first-order chi connectivity index (χ1) is 4.83. The molecule has 0 aromatic heterocycles. The number of carboxylic acids is 1. The van der Waals surface area contributed by atoms with Crippen LogP contribution in [0.1, 0.15) is 20.8 Å². The second-order valence-electron chi connectivity index (χ2n) is 3.37. The highest BCUT2D eigenvalue weighted by molar-refractivity contribution is 5.73. The lowest BCUT2D eigenvalue weighted by atomic mass is 10.2. The molecule has 0 bridgehead atoms. The van der Waals surface area contributed by atoms with Gasteiger partial charge in [0, 0.05) is 0 Å². The highest BCUT2D eigenvalue weighted by Gasteiger charge is 2.16. The van der Waals surface area contributed by atoms with E-state index in [1.54, 1.807) is 0 Å². The molecule has 66 valence electrons. The van der Waals surface area contributed by atoms with Gasteiger partial charge < -0.3 is 15.6 Å². The Kier molecular flexibility index (Phi) is 3.48. The van der Waals surface area contributed by atoms with Gasteiger partial charge in [0.05, 0.1) is 12.2 Å². The van der Waals surface area contributed by atoms with E-state index in [-0.39, 0.29) is 12.2 Å². The molecule has 0 heterocycles. The van der Waals surface area contributed by atoms with Crippen molar-refractivity contribution in [2.45, 2.75) is 32.4 Å². The maximum Gasteiger partial charge on any atom is 0.322 e. The summed E-state index contributed by atoms with van der Waals surface area (Å²) in [5, 5.41) is 8.37. The van der Waals surface area contributed by atoms with E-state index in [2.05, 4.69) is 0 Å². The number of ether oxygens (including phenoxy) is 1. The number of nitrogens with two attached hydrogens (primary N) is 1. The fourth-order valence-corrected chi connectivity index (χ4v) is 0.411. The molecule has 0 radical (unpaired) electrons. The van der Waals surface area contributed by atoms with Crippen molar-refractivity contribution in [2.24, 2.45) is 5.73 Å². The third-order valence-electron chi connectivity index (χ3n) is 1.01. The van der Waals surface area contributed by atoms with Crippen molar-refractivity contribution in [1.82, 2.24) is 0 Å². The lowest BCUT2D eigenvalue weighted by molar-refractivity contribution is -0.141. The highest BCUT2D eigenvalue weighted by Crippen LogP contribution is 2.06. The zero-order valence-corrected chi connectivity index (χ0v) is 7.13. The van der Waals surface area contributed by atoms with E-state index in [0.29, 0.717) is 0 Å². The number of carboxylic acid groups (broad SMARTS) is 1. The Morgan fingerprint density at radius 2 is 2.09 bits per heavy atom. The van der Waals surface area contributed by atoms with Crippen LogP contribution in [0.25, 0.3) is 0 Å². The molecule has 0 aliphatic carbocycles. The van der Waals surface area contributed by atoms with Crippen molar-refractivity contribution >= 4 is 5.97 Å². The minimum absolute atomic E-state index is 0.0544. The Morgan fingerprint density at radius 1 is 1.64 bits per heavy atom. The lowest BCUT2D eigenvalue weighted by Crippen LogP contribution is -2.37. The summed E-state index contributed by atoms with van der Waals surface area (Å²) in [4.78, 5) is 10.2. The summed E-state index contributed by atoms with van der Waals surface area (Å²) >= 11 is 0. The molecule has 0 amide bonds. The van der Waals surface area contributed by atoms with Crippen LogP contribution in [-0.4, -0.2) is 29.3 Å². The van der Waals surface area contributed by atoms with Gasteiger partial charge in [0.1, 0.15) is 6.04 Å². The van der Waals surface area contributed by atoms with Gasteiger partial charge in [-0.2, -0.15) is 0 Å².